The van der Waals surface area contributed by atoms with E-state index >= 15 is 0 Å². The Morgan fingerprint density at radius 3 is 2.47 bits per heavy atom. The highest BCUT2D eigenvalue weighted by Crippen LogP contribution is 2.36. The normalized spacial score (nSPS) is 15.8. The lowest BCUT2D eigenvalue weighted by Crippen LogP contribution is -2.53. The van der Waals surface area contributed by atoms with E-state index < -0.39 is 28.5 Å². The van der Waals surface area contributed by atoms with Crippen LogP contribution >= 0.6 is 0 Å². The highest BCUT2D eigenvalue weighted by molar-refractivity contribution is 7.92. The molecule has 1 heterocycles. The fourth-order valence-corrected chi connectivity index (χ4v) is 6.11. The summed E-state index contributed by atoms with van der Waals surface area (Å²) >= 11 is 0. The number of nitrogens with one attached hydrogen (secondary N) is 1. The number of nitrogens with zero attached hydrogens (tertiary/aromatic N) is 2. The van der Waals surface area contributed by atoms with E-state index in [4.69, 9.17) is 9.47 Å². The van der Waals surface area contributed by atoms with Gasteiger partial charge in [-0.3, -0.25) is 13.9 Å². The van der Waals surface area contributed by atoms with Crippen molar-refractivity contribution in [3.8, 4) is 11.5 Å². The third-order valence-electron chi connectivity index (χ3n) is 7.15. The van der Waals surface area contributed by atoms with Crippen molar-refractivity contribution in [3.63, 3.8) is 0 Å². The number of carbonyl (C=O) groups is 2. The summed E-state index contributed by atoms with van der Waals surface area (Å²) in [5, 5.41) is 3.12. The number of fused-ring (bicyclic) bond motifs is 1. The highest BCUT2D eigenvalue weighted by atomic mass is 32.2. The highest BCUT2D eigenvalue weighted by Gasteiger charge is 2.34. The second-order valence-electron chi connectivity index (χ2n) is 9.87. The van der Waals surface area contributed by atoms with Crippen molar-refractivity contribution in [2.45, 2.75) is 71.5 Å². The minimum absolute atomic E-state index is 0.0524. The molecule has 9 nitrogen and oxygen atoms in total. The van der Waals surface area contributed by atoms with Crippen LogP contribution in [0.3, 0.4) is 0 Å². The van der Waals surface area contributed by atoms with Gasteiger partial charge in [0.1, 0.15) is 12.6 Å². The number of amides is 2. The molecule has 1 aliphatic carbocycles. The van der Waals surface area contributed by atoms with Crippen molar-refractivity contribution < 1.29 is 27.5 Å². The molecule has 1 unspecified atom stereocenters. The Morgan fingerprint density at radius 1 is 1.05 bits per heavy atom. The summed E-state index contributed by atoms with van der Waals surface area (Å²) in [5.41, 5.74) is 2.22. The summed E-state index contributed by atoms with van der Waals surface area (Å²) in [7, 11) is -3.82. The van der Waals surface area contributed by atoms with Crippen molar-refractivity contribution in [3.05, 3.63) is 53.6 Å². The second kappa shape index (κ2) is 12.1. The molecule has 0 saturated heterocycles. The van der Waals surface area contributed by atoms with Crippen molar-refractivity contribution in [1.82, 2.24) is 10.2 Å². The standard InChI is InChI=1S/C28H37N3O6S/c1-4-24(28(33)29-22-11-6-7-12-22)30(17-21-10-8-9-20(3)15-21)27(32)18-31(38(34,35)5-2)23-13-14-25-26(16-23)37-19-36-25/h8-10,13-16,22,24H,4-7,11-12,17-19H2,1-3H3,(H,29,33). The molecule has 0 aromatic heterocycles. The SMILES string of the molecule is CCC(C(=O)NC1CCCC1)N(Cc1cccc(C)c1)C(=O)CN(c1ccc2c(c1)OCO2)S(=O)(=O)CC. The summed E-state index contributed by atoms with van der Waals surface area (Å²) in [5.74, 6) is 0.101. The molecule has 0 bridgehead atoms. The average Bonchev–Trinajstić information content (AvgIpc) is 3.58. The van der Waals surface area contributed by atoms with Crippen molar-refractivity contribution in [2.75, 3.05) is 23.4 Å². The molecule has 1 N–H and O–H groups in total. The Bertz CT molecular complexity index is 1260. The van der Waals surface area contributed by atoms with Crippen molar-refractivity contribution in [2.24, 2.45) is 0 Å². The molecule has 0 radical (unpaired) electrons. The average molecular weight is 544 g/mol. The topological polar surface area (TPSA) is 105 Å². The third kappa shape index (κ3) is 6.40. The van der Waals surface area contributed by atoms with Crippen LogP contribution in [0.5, 0.6) is 11.5 Å². The van der Waals surface area contributed by atoms with Gasteiger partial charge in [0.25, 0.3) is 0 Å². The van der Waals surface area contributed by atoms with Gasteiger partial charge >= 0.3 is 0 Å². The molecule has 4 rings (SSSR count). The molecule has 206 valence electrons. The van der Waals surface area contributed by atoms with Gasteiger partial charge in [0.05, 0.1) is 11.4 Å². The van der Waals surface area contributed by atoms with E-state index in [0.29, 0.717) is 23.6 Å². The number of rotatable bonds is 11. The molecule has 2 amide bonds. The molecule has 1 fully saturated rings. The zero-order valence-corrected chi connectivity index (χ0v) is 23.1. The van der Waals surface area contributed by atoms with Gasteiger partial charge in [0.15, 0.2) is 11.5 Å². The van der Waals surface area contributed by atoms with Gasteiger partial charge in [-0.1, -0.05) is 49.6 Å². The van der Waals surface area contributed by atoms with Crippen LogP contribution in [0.15, 0.2) is 42.5 Å². The molecule has 10 heteroatoms. The van der Waals surface area contributed by atoms with Crippen LogP contribution in [-0.4, -0.2) is 56.3 Å². The van der Waals surface area contributed by atoms with Crippen LogP contribution in [0.1, 0.15) is 57.1 Å². The van der Waals surface area contributed by atoms with E-state index in [1.807, 2.05) is 38.1 Å². The quantitative estimate of drug-likeness (QED) is 0.463. The summed E-state index contributed by atoms with van der Waals surface area (Å²) in [6.45, 7) is 5.18. The number of benzene rings is 2. The van der Waals surface area contributed by atoms with E-state index in [2.05, 4.69) is 5.32 Å². The van der Waals surface area contributed by atoms with E-state index in [0.717, 1.165) is 41.1 Å². The maximum atomic E-state index is 13.9. The van der Waals surface area contributed by atoms with Crippen LogP contribution in [0, 0.1) is 6.92 Å². The largest absolute Gasteiger partial charge is 0.454 e. The van der Waals surface area contributed by atoms with E-state index in [-0.39, 0.29) is 31.0 Å². The summed E-state index contributed by atoms with van der Waals surface area (Å²) in [4.78, 5) is 28.9. The van der Waals surface area contributed by atoms with Gasteiger partial charge in [-0.25, -0.2) is 8.42 Å². The smallest absolute Gasteiger partial charge is 0.244 e. The van der Waals surface area contributed by atoms with Crippen LogP contribution in [-0.2, 0) is 26.2 Å². The minimum atomic E-state index is -3.82. The molecule has 0 spiro atoms. The van der Waals surface area contributed by atoms with Crippen molar-refractivity contribution >= 4 is 27.5 Å². The molecule has 38 heavy (non-hydrogen) atoms. The van der Waals surface area contributed by atoms with Gasteiger partial charge < -0.3 is 19.7 Å². The monoisotopic (exact) mass is 543 g/mol. The van der Waals surface area contributed by atoms with E-state index in [1.54, 1.807) is 18.2 Å². The number of sulfonamides is 1. The van der Waals surface area contributed by atoms with Crippen LogP contribution < -0.4 is 19.1 Å². The fourth-order valence-electron chi connectivity index (χ4n) is 5.05. The number of carbonyl (C=O) groups excluding carboxylic acids is 2. The number of hydrogen-bond acceptors (Lipinski definition) is 6. The first kappa shape index (κ1) is 27.8. The lowest BCUT2D eigenvalue weighted by Gasteiger charge is -2.33. The molecule has 1 atom stereocenters. The number of hydrogen-bond donors (Lipinski definition) is 1. The Hall–Kier alpha value is -3.27. The van der Waals surface area contributed by atoms with E-state index in [1.165, 1.54) is 11.8 Å². The van der Waals surface area contributed by atoms with Gasteiger partial charge in [0.2, 0.25) is 28.6 Å². The zero-order chi connectivity index (χ0) is 27.3. The lowest BCUT2D eigenvalue weighted by molar-refractivity contribution is -0.140. The Balaban J connectivity index is 1.65. The maximum absolute atomic E-state index is 13.9. The second-order valence-corrected chi connectivity index (χ2v) is 12.1. The Labute approximate surface area is 225 Å². The van der Waals surface area contributed by atoms with Gasteiger partial charge in [-0.15, -0.1) is 0 Å². The molecular formula is C28H37N3O6S. The van der Waals surface area contributed by atoms with Gasteiger partial charge in [0, 0.05) is 18.7 Å². The third-order valence-corrected chi connectivity index (χ3v) is 8.89. The number of ether oxygens (including phenoxy) is 2. The summed E-state index contributed by atoms with van der Waals surface area (Å²) < 4.78 is 38.2. The molecule has 2 aromatic rings. The first-order chi connectivity index (χ1) is 18.2. The maximum Gasteiger partial charge on any atom is 0.244 e. The predicted molar refractivity (Wildman–Crippen MR) is 146 cm³/mol. The van der Waals surface area contributed by atoms with Crippen LogP contribution in [0.4, 0.5) is 5.69 Å². The minimum Gasteiger partial charge on any atom is -0.454 e. The predicted octanol–water partition coefficient (Wildman–Crippen LogP) is 3.75. The molecule has 1 saturated carbocycles. The van der Waals surface area contributed by atoms with E-state index in [9.17, 15) is 18.0 Å². The first-order valence-electron chi connectivity index (χ1n) is 13.3. The van der Waals surface area contributed by atoms with Crippen LogP contribution in [0.25, 0.3) is 0 Å². The molecular weight excluding hydrogens is 506 g/mol. The summed E-state index contributed by atoms with van der Waals surface area (Å²) in [6, 6.07) is 11.9. The zero-order valence-electron chi connectivity index (χ0n) is 22.3. The molecule has 2 aromatic carbocycles. The summed E-state index contributed by atoms with van der Waals surface area (Å²) in [6.07, 6.45) is 4.42. The number of anilines is 1. The fraction of sp³-hybridized carbons (Fsp3) is 0.500. The number of aryl methyl sites for hydroxylation is 1. The Kier molecular flexibility index (Phi) is 8.81. The van der Waals surface area contributed by atoms with Crippen molar-refractivity contribution in [1.29, 1.82) is 0 Å². The molecule has 2 aliphatic rings. The Morgan fingerprint density at radius 2 is 1.79 bits per heavy atom. The van der Waals surface area contributed by atoms with Gasteiger partial charge in [-0.05, 0) is 50.8 Å². The van der Waals surface area contributed by atoms with Crippen LogP contribution in [0.2, 0.25) is 0 Å². The first-order valence-corrected chi connectivity index (χ1v) is 14.9. The lowest BCUT2D eigenvalue weighted by atomic mass is 10.1. The van der Waals surface area contributed by atoms with Gasteiger partial charge in [-0.2, -0.15) is 0 Å². The molecule has 1 aliphatic heterocycles.